The van der Waals surface area contributed by atoms with Crippen LogP contribution in [0.3, 0.4) is 0 Å². The third-order valence-electron chi connectivity index (χ3n) is 6.15. The van der Waals surface area contributed by atoms with E-state index in [2.05, 4.69) is 10.6 Å². The first-order chi connectivity index (χ1) is 16.5. The lowest BCUT2D eigenvalue weighted by Crippen LogP contribution is -2.42. The summed E-state index contributed by atoms with van der Waals surface area (Å²) in [5, 5.41) is 5.53. The number of piperidine rings is 1. The maximum absolute atomic E-state index is 13.1. The molecule has 0 aromatic heterocycles. The van der Waals surface area contributed by atoms with Gasteiger partial charge in [0.05, 0.1) is 15.6 Å². The number of urea groups is 1. The molecule has 2 N–H and O–H groups in total. The van der Waals surface area contributed by atoms with Crippen molar-refractivity contribution in [1.29, 1.82) is 0 Å². The Morgan fingerprint density at radius 2 is 1.74 bits per heavy atom. The number of anilines is 1. The SMILES string of the molecule is C[C@]1(c2ccccc2Cl)NC(=O)N(CC(=O)Nc2cc(S(=O)(=O)N3CCCCC3)ccc2Cl)C1=O. The molecule has 12 heteroatoms. The molecule has 0 spiro atoms. The van der Waals surface area contributed by atoms with E-state index >= 15 is 0 Å². The zero-order chi connectivity index (χ0) is 25.4. The normalized spacial score (nSPS) is 21.2. The van der Waals surface area contributed by atoms with Crippen molar-refractivity contribution in [3.8, 4) is 0 Å². The van der Waals surface area contributed by atoms with Gasteiger partial charge < -0.3 is 10.6 Å². The zero-order valence-electron chi connectivity index (χ0n) is 18.9. The number of sulfonamides is 1. The van der Waals surface area contributed by atoms with E-state index in [0.717, 1.165) is 24.2 Å². The fourth-order valence-corrected chi connectivity index (χ4v) is 6.27. The summed E-state index contributed by atoms with van der Waals surface area (Å²) in [4.78, 5) is 39.2. The van der Waals surface area contributed by atoms with Gasteiger partial charge in [-0.3, -0.25) is 14.5 Å². The van der Waals surface area contributed by atoms with Gasteiger partial charge in [-0.25, -0.2) is 13.2 Å². The highest BCUT2D eigenvalue weighted by molar-refractivity contribution is 7.89. The highest BCUT2D eigenvalue weighted by Crippen LogP contribution is 2.33. The molecule has 1 atom stereocenters. The van der Waals surface area contributed by atoms with E-state index in [9.17, 15) is 22.8 Å². The predicted octanol–water partition coefficient (Wildman–Crippen LogP) is 3.57. The second-order valence-electron chi connectivity index (χ2n) is 8.58. The Hall–Kier alpha value is -2.66. The van der Waals surface area contributed by atoms with Gasteiger partial charge in [0.1, 0.15) is 12.1 Å². The first-order valence-electron chi connectivity index (χ1n) is 11.0. The first kappa shape index (κ1) is 25.4. The van der Waals surface area contributed by atoms with Gasteiger partial charge in [-0.2, -0.15) is 4.31 Å². The van der Waals surface area contributed by atoms with E-state index in [1.165, 1.54) is 29.4 Å². The largest absolute Gasteiger partial charge is 0.325 e. The number of rotatable bonds is 6. The van der Waals surface area contributed by atoms with Crippen LogP contribution in [0.25, 0.3) is 0 Å². The van der Waals surface area contributed by atoms with E-state index in [1.54, 1.807) is 24.3 Å². The van der Waals surface area contributed by atoms with Crippen molar-refractivity contribution in [3.05, 3.63) is 58.1 Å². The Bertz CT molecular complexity index is 1300. The molecule has 35 heavy (non-hydrogen) atoms. The van der Waals surface area contributed by atoms with Crippen LogP contribution >= 0.6 is 23.2 Å². The third-order valence-corrected chi connectivity index (χ3v) is 8.71. The molecule has 0 aliphatic carbocycles. The number of hydrogen-bond acceptors (Lipinski definition) is 5. The number of amides is 4. The highest BCUT2D eigenvalue weighted by Gasteiger charge is 2.50. The Morgan fingerprint density at radius 1 is 1.06 bits per heavy atom. The number of halogens is 2. The topological polar surface area (TPSA) is 116 Å². The van der Waals surface area contributed by atoms with E-state index in [1.807, 2.05) is 0 Å². The van der Waals surface area contributed by atoms with Gasteiger partial charge in [0.25, 0.3) is 5.91 Å². The summed E-state index contributed by atoms with van der Waals surface area (Å²) in [5.74, 6) is -1.36. The molecule has 9 nitrogen and oxygen atoms in total. The van der Waals surface area contributed by atoms with E-state index in [0.29, 0.717) is 23.7 Å². The van der Waals surface area contributed by atoms with Crippen LogP contribution < -0.4 is 10.6 Å². The number of nitrogens with zero attached hydrogens (tertiary/aromatic N) is 2. The lowest BCUT2D eigenvalue weighted by molar-refractivity contribution is -0.133. The average molecular weight is 539 g/mol. The number of benzene rings is 2. The average Bonchev–Trinajstić information content (AvgIpc) is 3.04. The smallest absolute Gasteiger partial charge is 0.323 e. The van der Waals surface area contributed by atoms with Crippen LogP contribution in [0.4, 0.5) is 10.5 Å². The van der Waals surface area contributed by atoms with Crippen molar-refractivity contribution < 1.29 is 22.8 Å². The van der Waals surface area contributed by atoms with Crippen LogP contribution in [0.1, 0.15) is 31.7 Å². The molecule has 2 aliphatic heterocycles. The zero-order valence-corrected chi connectivity index (χ0v) is 21.2. The second-order valence-corrected chi connectivity index (χ2v) is 11.3. The lowest BCUT2D eigenvalue weighted by Gasteiger charge is -2.26. The highest BCUT2D eigenvalue weighted by atomic mass is 35.5. The molecule has 2 heterocycles. The molecular weight excluding hydrogens is 515 g/mol. The van der Waals surface area contributed by atoms with Crippen LogP contribution in [0, 0.1) is 0 Å². The molecule has 0 radical (unpaired) electrons. The Labute approximate surface area is 213 Å². The summed E-state index contributed by atoms with van der Waals surface area (Å²) in [6.07, 6.45) is 2.55. The number of nitrogens with one attached hydrogen (secondary N) is 2. The molecule has 186 valence electrons. The second kappa shape index (κ2) is 9.77. The van der Waals surface area contributed by atoms with Crippen molar-refractivity contribution >= 4 is 56.8 Å². The van der Waals surface area contributed by atoms with Crippen LogP contribution in [0.5, 0.6) is 0 Å². The summed E-state index contributed by atoms with van der Waals surface area (Å²) in [5.41, 5.74) is -0.965. The Balaban J connectivity index is 1.51. The van der Waals surface area contributed by atoms with Gasteiger partial charge in [0.15, 0.2) is 0 Å². The van der Waals surface area contributed by atoms with Crippen molar-refractivity contribution in [3.63, 3.8) is 0 Å². The summed E-state index contributed by atoms with van der Waals surface area (Å²) < 4.78 is 27.4. The third kappa shape index (κ3) is 4.88. The first-order valence-corrected chi connectivity index (χ1v) is 13.2. The van der Waals surface area contributed by atoms with Gasteiger partial charge >= 0.3 is 6.03 Å². The monoisotopic (exact) mass is 538 g/mol. The van der Waals surface area contributed by atoms with E-state index in [-0.39, 0.29) is 15.6 Å². The molecule has 2 aromatic rings. The minimum absolute atomic E-state index is 0.000358. The summed E-state index contributed by atoms with van der Waals surface area (Å²) in [6, 6.07) is 9.91. The molecule has 2 aliphatic rings. The summed E-state index contributed by atoms with van der Waals surface area (Å²) in [7, 11) is -3.74. The molecule has 2 fully saturated rings. The number of hydrogen-bond donors (Lipinski definition) is 2. The van der Waals surface area contributed by atoms with Crippen molar-refractivity contribution in [2.75, 3.05) is 25.0 Å². The molecule has 2 saturated heterocycles. The Morgan fingerprint density at radius 3 is 2.43 bits per heavy atom. The quantitative estimate of drug-likeness (QED) is 0.545. The van der Waals surface area contributed by atoms with Crippen molar-refractivity contribution in [1.82, 2.24) is 14.5 Å². The molecular formula is C23H24Cl2N4O5S. The molecule has 4 amide bonds. The molecule has 0 bridgehead atoms. The number of carbonyl (C=O) groups excluding carboxylic acids is 3. The van der Waals surface area contributed by atoms with Crippen molar-refractivity contribution in [2.24, 2.45) is 0 Å². The van der Waals surface area contributed by atoms with Crippen LogP contribution in [-0.2, 0) is 25.2 Å². The number of imide groups is 1. The van der Waals surface area contributed by atoms with Crippen LogP contribution in [0.15, 0.2) is 47.4 Å². The van der Waals surface area contributed by atoms with E-state index < -0.39 is 40.0 Å². The van der Waals surface area contributed by atoms with Gasteiger partial charge in [-0.15, -0.1) is 0 Å². The maximum Gasteiger partial charge on any atom is 0.325 e. The fraction of sp³-hybridized carbons (Fsp3) is 0.348. The maximum atomic E-state index is 13.1. The fourth-order valence-electron chi connectivity index (χ4n) is 4.24. The molecule has 0 unspecified atom stereocenters. The van der Waals surface area contributed by atoms with E-state index in [4.69, 9.17) is 23.2 Å². The van der Waals surface area contributed by atoms with Gasteiger partial charge in [-0.05, 0) is 44.0 Å². The van der Waals surface area contributed by atoms with Crippen LogP contribution in [-0.4, -0.2) is 55.1 Å². The van der Waals surface area contributed by atoms with Crippen LogP contribution in [0.2, 0.25) is 10.0 Å². The standard InChI is InChI=1S/C23H24Cl2N4O5S/c1-23(16-7-3-4-8-17(16)24)21(31)29(22(32)27-23)14-20(30)26-19-13-15(9-10-18(19)25)35(33,34)28-11-5-2-6-12-28/h3-4,7-10,13H,2,5-6,11-12,14H2,1H3,(H,26,30)(H,27,32)/t23-/m1/s1. The molecule has 4 rings (SSSR count). The van der Waals surface area contributed by atoms with Gasteiger partial charge in [0, 0.05) is 23.7 Å². The molecule has 0 saturated carbocycles. The minimum atomic E-state index is -3.74. The lowest BCUT2D eigenvalue weighted by atomic mass is 9.92. The van der Waals surface area contributed by atoms with Crippen molar-refractivity contribution in [2.45, 2.75) is 36.6 Å². The molecule has 2 aromatic carbocycles. The van der Waals surface area contributed by atoms with Gasteiger partial charge in [0.2, 0.25) is 15.9 Å². The Kier molecular flexibility index (Phi) is 7.10. The summed E-state index contributed by atoms with van der Waals surface area (Å²) in [6.45, 7) is 1.79. The number of carbonyl (C=O) groups is 3. The predicted molar refractivity (Wildman–Crippen MR) is 132 cm³/mol. The summed E-state index contributed by atoms with van der Waals surface area (Å²) >= 11 is 12.4. The minimum Gasteiger partial charge on any atom is -0.323 e. The van der Waals surface area contributed by atoms with Gasteiger partial charge in [-0.1, -0.05) is 47.8 Å².